The average molecular weight is 626 g/mol. The molecule has 0 heterocycles. The molecule has 0 saturated carbocycles. The summed E-state index contributed by atoms with van der Waals surface area (Å²) in [6.07, 6.45) is 26.2. The number of hydrogen-bond acceptors (Lipinski definition) is 8. The molecule has 0 aromatic carbocycles. The van der Waals surface area contributed by atoms with Crippen LogP contribution in [0.3, 0.4) is 0 Å². The molecule has 8 nitrogen and oxygen atoms in total. The van der Waals surface area contributed by atoms with Gasteiger partial charge in [-0.2, -0.15) is 0 Å². The normalized spacial score (nSPS) is 11.2. The molecular formula is C36H67NO7. The Hall–Kier alpha value is -2.22. The molecule has 0 rings (SSSR count). The SMILES string of the molecule is C=CC(=O)OCCCCCCCCCC.CCCCCCCCCCCC(=O)OC(=O)CCC(N)C(=O)OCCCCCC. The van der Waals surface area contributed by atoms with E-state index >= 15 is 0 Å². The Bertz CT molecular complexity index is 711. The Kier molecular flexibility index (Phi) is 35.2. The molecule has 0 spiro atoms. The van der Waals surface area contributed by atoms with Crippen LogP contribution in [0.1, 0.15) is 175 Å². The number of nitrogens with two attached hydrogens (primary N) is 1. The molecule has 0 aliphatic carbocycles. The van der Waals surface area contributed by atoms with E-state index in [9.17, 15) is 19.2 Å². The molecule has 44 heavy (non-hydrogen) atoms. The number of ether oxygens (including phenoxy) is 3. The number of unbranched alkanes of at least 4 members (excludes halogenated alkanes) is 18. The maximum absolute atomic E-state index is 11.7. The lowest BCUT2D eigenvalue weighted by Gasteiger charge is -2.11. The number of hydrogen-bond donors (Lipinski definition) is 1. The summed E-state index contributed by atoms with van der Waals surface area (Å²) < 4.78 is 14.8. The topological polar surface area (TPSA) is 122 Å². The molecule has 0 bridgehead atoms. The molecular weight excluding hydrogens is 558 g/mol. The first-order chi connectivity index (χ1) is 21.3. The third-order valence-corrected chi connectivity index (χ3v) is 7.33. The van der Waals surface area contributed by atoms with Crippen LogP contribution in [0.15, 0.2) is 12.7 Å². The molecule has 0 fully saturated rings. The first kappa shape index (κ1) is 43.9. The van der Waals surface area contributed by atoms with Crippen LogP contribution in [-0.4, -0.2) is 43.1 Å². The molecule has 0 amide bonds. The second-order valence-corrected chi connectivity index (χ2v) is 11.6. The van der Waals surface area contributed by atoms with Gasteiger partial charge in [-0.3, -0.25) is 14.4 Å². The van der Waals surface area contributed by atoms with E-state index in [0.29, 0.717) is 13.2 Å². The molecule has 0 aromatic heterocycles. The summed E-state index contributed by atoms with van der Waals surface area (Å²) in [6, 6.07) is -0.860. The summed E-state index contributed by atoms with van der Waals surface area (Å²) in [5.74, 6) is -1.93. The van der Waals surface area contributed by atoms with Crippen molar-refractivity contribution in [1.82, 2.24) is 0 Å². The van der Waals surface area contributed by atoms with Crippen LogP contribution < -0.4 is 5.73 Å². The van der Waals surface area contributed by atoms with Crippen molar-refractivity contribution < 1.29 is 33.4 Å². The van der Waals surface area contributed by atoms with Gasteiger partial charge in [0.15, 0.2) is 0 Å². The lowest BCUT2D eigenvalue weighted by molar-refractivity contribution is -0.159. The van der Waals surface area contributed by atoms with Crippen molar-refractivity contribution in [3.05, 3.63) is 12.7 Å². The van der Waals surface area contributed by atoms with E-state index in [1.165, 1.54) is 83.1 Å². The Balaban J connectivity index is 0. The van der Waals surface area contributed by atoms with E-state index in [-0.39, 0.29) is 25.2 Å². The van der Waals surface area contributed by atoms with Crippen LogP contribution in [0.25, 0.3) is 0 Å². The average Bonchev–Trinajstić information content (AvgIpc) is 3.02. The van der Waals surface area contributed by atoms with Gasteiger partial charge in [-0.15, -0.1) is 0 Å². The summed E-state index contributed by atoms with van der Waals surface area (Å²) in [7, 11) is 0. The number of rotatable bonds is 29. The zero-order chi connectivity index (χ0) is 33.1. The molecule has 0 saturated heterocycles. The molecule has 8 heteroatoms. The highest BCUT2D eigenvalue weighted by Crippen LogP contribution is 2.11. The van der Waals surface area contributed by atoms with E-state index < -0.39 is 23.9 Å². The summed E-state index contributed by atoms with van der Waals surface area (Å²) in [6.45, 7) is 10.8. The van der Waals surface area contributed by atoms with Gasteiger partial charge in [0.2, 0.25) is 0 Å². The lowest BCUT2D eigenvalue weighted by atomic mass is 10.1. The van der Waals surface area contributed by atoms with Gasteiger partial charge in [0.1, 0.15) is 6.04 Å². The molecule has 1 atom stereocenters. The van der Waals surface area contributed by atoms with Crippen LogP contribution in [0.4, 0.5) is 0 Å². The molecule has 0 aliphatic rings. The van der Waals surface area contributed by atoms with E-state index in [0.717, 1.165) is 57.8 Å². The fraction of sp³-hybridized carbons (Fsp3) is 0.833. The quantitative estimate of drug-likeness (QED) is 0.0287. The molecule has 0 aromatic rings. The first-order valence-electron chi connectivity index (χ1n) is 17.8. The fourth-order valence-electron chi connectivity index (χ4n) is 4.48. The first-order valence-corrected chi connectivity index (χ1v) is 17.8. The minimum absolute atomic E-state index is 0.0599. The Morgan fingerprint density at radius 2 is 0.955 bits per heavy atom. The number of carbonyl (C=O) groups is 4. The van der Waals surface area contributed by atoms with Gasteiger partial charge in [0.25, 0.3) is 0 Å². The van der Waals surface area contributed by atoms with Crippen LogP contribution in [-0.2, 0) is 33.4 Å². The maximum atomic E-state index is 11.7. The van der Waals surface area contributed by atoms with Crippen molar-refractivity contribution in [3.63, 3.8) is 0 Å². The van der Waals surface area contributed by atoms with Gasteiger partial charge in [-0.1, -0.05) is 143 Å². The fourth-order valence-corrected chi connectivity index (χ4v) is 4.48. The van der Waals surface area contributed by atoms with Crippen molar-refractivity contribution in [2.45, 2.75) is 181 Å². The van der Waals surface area contributed by atoms with Gasteiger partial charge < -0.3 is 19.9 Å². The molecule has 1 unspecified atom stereocenters. The van der Waals surface area contributed by atoms with Gasteiger partial charge in [-0.25, -0.2) is 4.79 Å². The predicted molar refractivity (Wildman–Crippen MR) is 179 cm³/mol. The highest BCUT2D eigenvalue weighted by atomic mass is 16.6. The van der Waals surface area contributed by atoms with Gasteiger partial charge in [0.05, 0.1) is 13.2 Å². The van der Waals surface area contributed by atoms with Crippen molar-refractivity contribution in [3.8, 4) is 0 Å². The van der Waals surface area contributed by atoms with E-state index in [2.05, 4.69) is 27.4 Å². The van der Waals surface area contributed by atoms with Crippen LogP contribution >= 0.6 is 0 Å². The van der Waals surface area contributed by atoms with Gasteiger partial charge in [0, 0.05) is 18.9 Å². The Morgan fingerprint density at radius 1 is 0.568 bits per heavy atom. The third-order valence-electron chi connectivity index (χ3n) is 7.33. The monoisotopic (exact) mass is 625 g/mol. The Labute approximate surface area is 269 Å². The summed E-state index contributed by atoms with van der Waals surface area (Å²) in [5, 5.41) is 0. The van der Waals surface area contributed by atoms with E-state index in [4.69, 9.17) is 19.9 Å². The zero-order valence-electron chi connectivity index (χ0n) is 28.7. The van der Waals surface area contributed by atoms with Crippen LogP contribution in [0.2, 0.25) is 0 Å². The predicted octanol–water partition coefficient (Wildman–Crippen LogP) is 9.06. The summed E-state index contributed by atoms with van der Waals surface area (Å²) in [5.41, 5.74) is 5.73. The van der Waals surface area contributed by atoms with E-state index in [1.807, 2.05) is 0 Å². The second kappa shape index (κ2) is 35.3. The third kappa shape index (κ3) is 34.3. The van der Waals surface area contributed by atoms with Crippen LogP contribution in [0.5, 0.6) is 0 Å². The molecule has 2 N–H and O–H groups in total. The molecule has 258 valence electrons. The highest BCUT2D eigenvalue weighted by molar-refractivity contribution is 5.86. The number of carbonyl (C=O) groups excluding carboxylic acids is 4. The van der Waals surface area contributed by atoms with Crippen molar-refractivity contribution in [2.24, 2.45) is 5.73 Å². The minimum atomic E-state index is -0.860. The number of esters is 4. The molecule has 0 aliphatic heterocycles. The standard InChI is InChI=1S/C23H43NO5.C13H24O2/c1-3-5-7-9-10-11-12-13-14-16-21(25)29-22(26)18-17-20(24)23(27)28-19-15-8-6-4-2;1-3-5-6-7-8-9-10-11-12-15-13(14)4-2/h20H,3-19,24H2,1-2H3;4H,2-3,5-12H2,1H3. The van der Waals surface area contributed by atoms with Crippen molar-refractivity contribution in [2.75, 3.05) is 13.2 Å². The molecule has 0 radical (unpaired) electrons. The lowest BCUT2D eigenvalue weighted by Crippen LogP contribution is -2.33. The van der Waals surface area contributed by atoms with Gasteiger partial charge >= 0.3 is 23.9 Å². The maximum Gasteiger partial charge on any atom is 0.330 e. The summed E-state index contributed by atoms with van der Waals surface area (Å²) >= 11 is 0. The van der Waals surface area contributed by atoms with Crippen molar-refractivity contribution >= 4 is 23.9 Å². The van der Waals surface area contributed by atoms with Gasteiger partial charge in [-0.05, 0) is 25.7 Å². The second-order valence-electron chi connectivity index (χ2n) is 11.6. The van der Waals surface area contributed by atoms with Crippen molar-refractivity contribution in [1.29, 1.82) is 0 Å². The Morgan fingerprint density at radius 3 is 1.43 bits per heavy atom. The minimum Gasteiger partial charge on any atom is -0.465 e. The van der Waals surface area contributed by atoms with Crippen LogP contribution in [0, 0.1) is 0 Å². The highest BCUT2D eigenvalue weighted by Gasteiger charge is 2.18. The summed E-state index contributed by atoms with van der Waals surface area (Å²) in [4.78, 5) is 45.8. The van der Waals surface area contributed by atoms with E-state index in [1.54, 1.807) is 0 Å². The largest absolute Gasteiger partial charge is 0.465 e. The smallest absolute Gasteiger partial charge is 0.330 e. The zero-order valence-corrected chi connectivity index (χ0v) is 28.7.